The zero-order chi connectivity index (χ0) is 21.8. The van der Waals surface area contributed by atoms with Gasteiger partial charge in [-0.1, -0.05) is 25.1 Å². The van der Waals surface area contributed by atoms with E-state index in [-0.39, 0.29) is 11.8 Å². The third-order valence-corrected chi connectivity index (χ3v) is 6.56. The van der Waals surface area contributed by atoms with E-state index < -0.39 is 5.41 Å². The molecule has 2 aromatic carbocycles. The van der Waals surface area contributed by atoms with Crippen molar-refractivity contribution in [1.29, 1.82) is 0 Å². The second-order valence-electron chi connectivity index (χ2n) is 8.28. The highest BCUT2D eigenvalue weighted by atomic mass is 16.5. The molecule has 6 heteroatoms. The van der Waals surface area contributed by atoms with Crippen molar-refractivity contribution in [2.24, 2.45) is 0 Å². The third kappa shape index (κ3) is 4.30. The van der Waals surface area contributed by atoms with Crippen LogP contribution in [0.15, 0.2) is 42.5 Å². The molecule has 0 atom stereocenters. The number of hydrogen-bond acceptors (Lipinski definition) is 4. The van der Waals surface area contributed by atoms with Gasteiger partial charge in [0.25, 0.3) is 0 Å². The molecular formula is C25H30N2O4. The molecule has 1 N–H and O–H groups in total. The average molecular weight is 423 g/mol. The minimum Gasteiger partial charge on any atom is -0.497 e. The van der Waals surface area contributed by atoms with Gasteiger partial charge < -0.3 is 19.7 Å². The molecule has 2 aromatic rings. The first-order valence-electron chi connectivity index (χ1n) is 11.0. The van der Waals surface area contributed by atoms with Crippen molar-refractivity contribution in [3.05, 3.63) is 59.2 Å². The van der Waals surface area contributed by atoms with Crippen LogP contribution in [0.3, 0.4) is 0 Å². The Morgan fingerprint density at radius 2 is 1.84 bits per heavy atom. The molecular weight excluding hydrogens is 392 g/mol. The quantitative estimate of drug-likeness (QED) is 0.798. The smallest absolute Gasteiger partial charge is 0.235 e. The van der Waals surface area contributed by atoms with Crippen molar-refractivity contribution in [3.8, 4) is 5.75 Å². The number of amides is 2. The lowest BCUT2D eigenvalue weighted by Crippen LogP contribution is -2.44. The molecule has 6 nitrogen and oxygen atoms in total. The fourth-order valence-corrected chi connectivity index (χ4v) is 4.60. The fraction of sp³-hybridized carbons (Fsp3) is 0.440. The molecule has 1 fully saturated rings. The summed E-state index contributed by atoms with van der Waals surface area (Å²) in [5.74, 6) is 0.922. The van der Waals surface area contributed by atoms with E-state index in [0.717, 1.165) is 35.5 Å². The molecule has 0 aliphatic carbocycles. The summed E-state index contributed by atoms with van der Waals surface area (Å²) in [4.78, 5) is 27.6. The van der Waals surface area contributed by atoms with Crippen LogP contribution in [0, 0.1) is 0 Å². The van der Waals surface area contributed by atoms with Crippen molar-refractivity contribution < 1.29 is 19.1 Å². The van der Waals surface area contributed by atoms with Crippen LogP contribution in [0.4, 0.5) is 5.69 Å². The zero-order valence-corrected chi connectivity index (χ0v) is 18.3. The second-order valence-corrected chi connectivity index (χ2v) is 8.28. The molecule has 0 aromatic heterocycles. The molecule has 0 bridgehead atoms. The molecule has 1 saturated heterocycles. The van der Waals surface area contributed by atoms with Crippen LogP contribution in [0.25, 0.3) is 0 Å². The monoisotopic (exact) mass is 422 g/mol. The minimum atomic E-state index is -0.634. The van der Waals surface area contributed by atoms with E-state index in [0.29, 0.717) is 39.0 Å². The molecule has 2 aliphatic rings. The number of ether oxygens (including phenoxy) is 2. The predicted molar refractivity (Wildman–Crippen MR) is 119 cm³/mol. The van der Waals surface area contributed by atoms with Gasteiger partial charge in [-0.2, -0.15) is 0 Å². The fourth-order valence-electron chi connectivity index (χ4n) is 4.60. The first-order chi connectivity index (χ1) is 15.1. The molecule has 4 rings (SSSR count). The van der Waals surface area contributed by atoms with E-state index in [9.17, 15) is 9.59 Å². The topological polar surface area (TPSA) is 67.9 Å². The van der Waals surface area contributed by atoms with E-state index in [4.69, 9.17) is 9.47 Å². The average Bonchev–Trinajstić information content (AvgIpc) is 2.83. The number of nitrogens with one attached hydrogen (secondary N) is 1. The molecule has 0 radical (unpaired) electrons. The summed E-state index contributed by atoms with van der Waals surface area (Å²) >= 11 is 0. The SMILES string of the molecule is CCC(=O)N1CCc2ccc(NC(=O)C3(c4ccc(OC)cc4)CCOCC3)cc2C1. The molecule has 0 saturated carbocycles. The second kappa shape index (κ2) is 9.10. The van der Waals surface area contributed by atoms with Gasteiger partial charge in [-0.3, -0.25) is 9.59 Å². The molecule has 0 spiro atoms. The highest BCUT2D eigenvalue weighted by molar-refractivity contribution is 5.99. The number of methoxy groups -OCH3 is 1. The Bertz CT molecular complexity index is 948. The molecule has 2 amide bonds. The van der Waals surface area contributed by atoms with E-state index >= 15 is 0 Å². The van der Waals surface area contributed by atoms with Gasteiger partial charge in [0.05, 0.1) is 12.5 Å². The first kappa shape index (κ1) is 21.4. The highest BCUT2D eigenvalue weighted by Gasteiger charge is 2.41. The van der Waals surface area contributed by atoms with Crippen LogP contribution >= 0.6 is 0 Å². The summed E-state index contributed by atoms with van der Waals surface area (Å²) in [6.45, 7) is 4.35. The summed E-state index contributed by atoms with van der Waals surface area (Å²) in [5.41, 5.74) is 3.47. The van der Waals surface area contributed by atoms with Crippen LogP contribution in [0.1, 0.15) is 42.9 Å². The van der Waals surface area contributed by atoms with Gasteiger partial charge in [-0.25, -0.2) is 0 Å². The van der Waals surface area contributed by atoms with Gasteiger partial charge in [0.1, 0.15) is 5.75 Å². The maximum atomic E-state index is 13.6. The van der Waals surface area contributed by atoms with Crippen LogP contribution < -0.4 is 10.1 Å². The highest BCUT2D eigenvalue weighted by Crippen LogP contribution is 2.37. The maximum Gasteiger partial charge on any atom is 0.235 e. The van der Waals surface area contributed by atoms with Gasteiger partial charge in [-0.15, -0.1) is 0 Å². The number of carbonyl (C=O) groups is 2. The lowest BCUT2D eigenvalue weighted by Gasteiger charge is -2.36. The summed E-state index contributed by atoms with van der Waals surface area (Å²) in [6, 6.07) is 13.8. The van der Waals surface area contributed by atoms with Crippen LogP contribution in [-0.2, 0) is 32.7 Å². The lowest BCUT2D eigenvalue weighted by molar-refractivity contribution is -0.131. The Kier molecular flexibility index (Phi) is 6.28. The van der Waals surface area contributed by atoms with Crippen molar-refractivity contribution in [2.75, 3.05) is 32.2 Å². The van der Waals surface area contributed by atoms with Crippen molar-refractivity contribution >= 4 is 17.5 Å². The standard InChI is InChI=1S/C25H30N2O4/c1-3-23(28)27-13-10-18-4-7-21(16-19(18)17-27)26-24(29)25(11-14-31-15-12-25)20-5-8-22(30-2)9-6-20/h4-9,16H,3,10-15,17H2,1-2H3,(H,26,29). The molecule has 2 aliphatic heterocycles. The summed E-state index contributed by atoms with van der Waals surface area (Å²) in [6.07, 6.45) is 2.63. The summed E-state index contributed by atoms with van der Waals surface area (Å²) in [5, 5.41) is 3.16. The third-order valence-electron chi connectivity index (χ3n) is 6.56. The van der Waals surface area contributed by atoms with Crippen LogP contribution in [0.2, 0.25) is 0 Å². The Morgan fingerprint density at radius 1 is 1.10 bits per heavy atom. The minimum absolute atomic E-state index is 0.0155. The van der Waals surface area contributed by atoms with E-state index in [1.54, 1.807) is 7.11 Å². The number of nitrogens with zero attached hydrogens (tertiary/aromatic N) is 1. The largest absolute Gasteiger partial charge is 0.497 e. The molecule has 31 heavy (non-hydrogen) atoms. The first-order valence-corrected chi connectivity index (χ1v) is 11.0. The Balaban J connectivity index is 1.57. The number of fused-ring (bicyclic) bond motifs is 1. The predicted octanol–water partition coefficient (Wildman–Crippen LogP) is 3.68. The van der Waals surface area contributed by atoms with Crippen LogP contribution in [0.5, 0.6) is 5.75 Å². The number of hydrogen-bond donors (Lipinski definition) is 1. The van der Waals surface area contributed by atoms with Crippen molar-refractivity contribution in [1.82, 2.24) is 4.90 Å². The normalized spacial score (nSPS) is 17.5. The maximum absolute atomic E-state index is 13.6. The van der Waals surface area contributed by atoms with Crippen molar-refractivity contribution in [2.45, 2.75) is 44.6 Å². The van der Waals surface area contributed by atoms with E-state index in [1.807, 2.05) is 48.2 Å². The Hall–Kier alpha value is -2.86. The van der Waals surface area contributed by atoms with Gasteiger partial charge in [-0.05, 0) is 60.2 Å². The summed E-state index contributed by atoms with van der Waals surface area (Å²) in [7, 11) is 1.64. The van der Waals surface area contributed by atoms with Crippen LogP contribution in [-0.4, -0.2) is 43.6 Å². The van der Waals surface area contributed by atoms with Gasteiger partial charge >= 0.3 is 0 Å². The van der Waals surface area contributed by atoms with Gasteiger partial charge in [0.15, 0.2) is 0 Å². The number of rotatable bonds is 5. The molecule has 2 heterocycles. The van der Waals surface area contributed by atoms with E-state index in [1.165, 1.54) is 5.56 Å². The summed E-state index contributed by atoms with van der Waals surface area (Å²) < 4.78 is 10.8. The number of benzene rings is 2. The Labute approximate surface area is 183 Å². The van der Waals surface area contributed by atoms with E-state index in [2.05, 4.69) is 11.4 Å². The molecule has 164 valence electrons. The molecule has 0 unspecified atom stereocenters. The Morgan fingerprint density at radius 3 is 2.52 bits per heavy atom. The van der Waals surface area contributed by atoms with Crippen molar-refractivity contribution in [3.63, 3.8) is 0 Å². The zero-order valence-electron chi connectivity index (χ0n) is 18.3. The van der Waals surface area contributed by atoms with Gasteiger partial charge in [0, 0.05) is 38.4 Å². The number of anilines is 1. The lowest BCUT2D eigenvalue weighted by atomic mass is 9.73. The number of carbonyl (C=O) groups excluding carboxylic acids is 2. The van der Waals surface area contributed by atoms with Gasteiger partial charge in [0.2, 0.25) is 11.8 Å².